The Hall–Kier alpha value is -1.58. The fourth-order valence-electron chi connectivity index (χ4n) is 1.88. The molecule has 1 amide bonds. The number of benzene rings is 1. The van der Waals surface area contributed by atoms with Crippen LogP contribution < -0.4 is 5.32 Å². The molecule has 2 rings (SSSR count). The third-order valence-electron chi connectivity index (χ3n) is 3.12. The summed E-state index contributed by atoms with van der Waals surface area (Å²) in [7, 11) is 0. The molecule has 0 fully saturated rings. The van der Waals surface area contributed by atoms with E-state index in [4.69, 9.17) is 23.2 Å². The van der Waals surface area contributed by atoms with E-state index in [0.29, 0.717) is 29.4 Å². The molecule has 3 nitrogen and oxygen atoms in total. The Morgan fingerprint density at radius 2 is 2.05 bits per heavy atom. The SMILES string of the molecule is Cc1ccc(CNC(=O)CCc2cccc(Cl)c2Cl)cn1. The molecule has 0 bridgehead atoms. The molecule has 5 heteroatoms. The fourth-order valence-corrected chi connectivity index (χ4v) is 2.30. The van der Waals surface area contributed by atoms with Crippen LogP contribution in [0.4, 0.5) is 0 Å². The smallest absolute Gasteiger partial charge is 0.220 e. The number of aromatic nitrogens is 1. The molecule has 0 aliphatic rings. The predicted molar refractivity (Wildman–Crippen MR) is 85.6 cm³/mol. The Labute approximate surface area is 134 Å². The minimum atomic E-state index is -0.0217. The van der Waals surface area contributed by atoms with Crippen LogP contribution in [-0.4, -0.2) is 10.9 Å². The van der Waals surface area contributed by atoms with Crippen LogP contribution >= 0.6 is 23.2 Å². The number of aryl methyl sites for hydroxylation is 2. The number of carbonyl (C=O) groups excluding carboxylic acids is 1. The lowest BCUT2D eigenvalue weighted by Crippen LogP contribution is -2.23. The van der Waals surface area contributed by atoms with Crippen LogP contribution in [0.1, 0.15) is 23.2 Å². The highest BCUT2D eigenvalue weighted by Gasteiger charge is 2.07. The topological polar surface area (TPSA) is 42.0 Å². The number of rotatable bonds is 5. The van der Waals surface area contributed by atoms with Gasteiger partial charge in [0.25, 0.3) is 0 Å². The van der Waals surface area contributed by atoms with Gasteiger partial charge in [0.15, 0.2) is 0 Å². The van der Waals surface area contributed by atoms with Crippen LogP contribution in [-0.2, 0) is 17.8 Å². The Balaban J connectivity index is 1.82. The number of pyridine rings is 1. The van der Waals surface area contributed by atoms with Gasteiger partial charge in [-0.15, -0.1) is 0 Å². The zero-order chi connectivity index (χ0) is 15.2. The fraction of sp³-hybridized carbons (Fsp3) is 0.250. The number of nitrogens with one attached hydrogen (secondary N) is 1. The number of amides is 1. The molecule has 0 radical (unpaired) electrons. The van der Waals surface area contributed by atoms with Crippen LogP contribution in [0.3, 0.4) is 0 Å². The van der Waals surface area contributed by atoms with E-state index in [-0.39, 0.29) is 5.91 Å². The summed E-state index contributed by atoms with van der Waals surface area (Å²) in [6.07, 6.45) is 2.71. The maximum atomic E-state index is 11.8. The summed E-state index contributed by atoms with van der Waals surface area (Å²) in [5.41, 5.74) is 2.83. The van der Waals surface area contributed by atoms with E-state index in [1.54, 1.807) is 12.3 Å². The van der Waals surface area contributed by atoms with Crippen molar-refractivity contribution in [1.82, 2.24) is 10.3 Å². The minimum absolute atomic E-state index is 0.0217. The van der Waals surface area contributed by atoms with Crippen molar-refractivity contribution in [3.05, 3.63) is 63.4 Å². The van der Waals surface area contributed by atoms with Gasteiger partial charge >= 0.3 is 0 Å². The quantitative estimate of drug-likeness (QED) is 0.905. The van der Waals surface area contributed by atoms with Crippen LogP contribution in [0.2, 0.25) is 10.0 Å². The lowest BCUT2D eigenvalue weighted by molar-refractivity contribution is -0.121. The Morgan fingerprint density at radius 1 is 1.24 bits per heavy atom. The van der Waals surface area contributed by atoms with E-state index in [1.165, 1.54) is 0 Å². The van der Waals surface area contributed by atoms with E-state index in [1.807, 2.05) is 31.2 Å². The minimum Gasteiger partial charge on any atom is -0.352 e. The van der Waals surface area contributed by atoms with Gasteiger partial charge in [0, 0.05) is 24.9 Å². The average molecular weight is 323 g/mol. The Kier molecular flexibility index (Phi) is 5.59. The maximum Gasteiger partial charge on any atom is 0.220 e. The van der Waals surface area contributed by atoms with Crippen molar-refractivity contribution < 1.29 is 4.79 Å². The summed E-state index contributed by atoms with van der Waals surface area (Å²) < 4.78 is 0. The Bertz CT molecular complexity index is 627. The molecular formula is C16H16Cl2N2O. The molecule has 1 N–H and O–H groups in total. The van der Waals surface area contributed by atoms with Crippen LogP contribution in [0.5, 0.6) is 0 Å². The number of nitrogens with zero attached hydrogens (tertiary/aromatic N) is 1. The third-order valence-corrected chi connectivity index (χ3v) is 3.97. The van der Waals surface area contributed by atoms with Gasteiger partial charge in [0.2, 0.25) is 5.91 Å². The van der Waals surface area contributed by atoms with Crippen molar-refractivity contribution in [3.8, 4) is 0 Å². The second-order valence-corrected chi connectivity index (χ2v) is 5.58. The van der Waals surface area contributed by atoms with Gasteiger partial charge in [0.05, 0.1) is 10.0 Å². The molecule has 0 atom stereocenters. The van der Waals surface area contributed by atoms with Gasteiger partial charge in [-0.2, -0.15) is 0 Å². The second kappa shape index (κ2) is 7.43. The van der Waals surface area contributed by atoms with Crippen LogP contribution in [0.25, 0.3) is 0 Å². The van der Waals surface area contributed by atoms with Gasteiger partial charge in [-0.25, -0.2) is 0 Å². The maximum absolute atomic E-state index is 11.8. The molecule has 0 spiro atoms. The first-order chi connectivity index (χ1) is 10.1. The van der Waals surface area contributed by atoms with Gasteiger partial charge in [-0.1, -0.05) is 41.4 Å². The van der Waals surface area contributed by atoms with Crippen LogP contribution in [0.15, 0.2) is 36.5 Å². The third kappa shape index (κ3) is 4.73. The molecule has 0 saturated heterocycles. The number of hydrogen-bond acceptors (Lipinski definition) is 2. The van der Waals surface area contributed by atoms with Crippen molar-refractivity contribution in [2.75, 3.05) is 0 Å². The standard InChI is InChI=1S/C16H16Cl2N2O/c1-11-5-6-12(9-19-11)10-20-15(21)8-7-13-3-2-4-14(17)16(13)18/h2-6,9H,7-8,10H2,1H3,(H,20,21). The molecule has 1 aromatic heterocycles. The van der Waals surface area contributed by atoms with E-state index in [0.717, 1.165) is 16.8 Å². The zero-order valence-electron chi connectivity index (χ0n) is 11.7. The van der Waals surface area contributed by atoms with Crippen molar-refractivity contribution in [2.45, 2.75) is 26.3 Å². The highest BCUT2D eigenvalue weighted by molar-refractivity contribution is 6.42. The first-order valence-corrected chi connectivity index (χ1v) is 7.43. The molecule has 1 heterocycles. The summed E-state index contributed by atoms with van der Waals surface area (Å²) in [5.74, 6) is -0.0217. The first kappa shape index (κ1) is 15.8. The summed E-state index contributed by atoms with van der Waals surface area (Å²) >= 11 is 12.0. The highest BCUT2D eigenvalue weighted by Crippen LogP contribution is 2.26. The van der Waals surface area contributed by atoms with E-state index >= 15 is 0 Å². The summed E-state index contributed by atoms with van der Waals surface area (Å²) in [4.78, 5) is 16.0. The van der Waals surface area contributed by atoms with Crippen molar-refractivity contribution in [1.29, 1.82) is 0 Å². The first-order valence-electron chi connectivity index (χ1n) is 6.67. The van der Waals surface area contributed by atoms with Gasteiger partial charge in [0.1, 0.15) is 0 Å². The van der Waals surface area contributed by atoms with E-state index < -0.39 is 0 Å². The molecule has 0 saturated carbocycles. The second-order valence-electron chi connectivity index (χ2n) is 4.80. The largest absolute Gasteiger partial charge is 0.352 e. The van der Waals surface area contributed by atoms with Gasteiger partial charge in [-0.3, -0.25) is 9.78 Å². The Morgan fingerprint density at radius 3 is 2.76 bits per heavy atom. The molecule has 0 unspecified atom stereocenters. The van der Waals surface area contributed by atoms with Crippen molar-refractivity contribution in [3.63, 3.8) is 0 Å². The molecule has 0 aliphatic heterocycles. The molecule has 110 valence electrons. The molecule has 1 aromatic carbocycles. The lowest BCUT2D eigenvalue weighted by atomic mass is 10.1. The summed E-state index contributed by atoms with van der Waals surface area (Å²) in [6, 6.07) is 9.33. The number of halogens is 2. The molecule has 21 heavy (non-hydrogen) atoms. The van der Waals surface area contributed by atoms with Gasteiger partial charge < -0.3 is 5.32 Å². The lowest BCUT2D eigenvalue weighted by Gasteiger charge is -2.07. The normalized spacial score (nSPS) is 10.4. The summed E-state index contributed by atoms with van der Waals surface area (Å²) in [5, 5.41) is 3.90. The number of carbonyl (C=O) groups is 1. The summed E-state index contributed by atoms with van der Waals surface area (Å²) in [6.45, 7) is 2.41. The molecule has 2 aromatic rings. The molecule has 0 aliphatic carbocycles. The zero-order valence-corrected chi connectivity index (χ0v) is 13.2. The predicted octanol–water partition coefficient (Wildman–Crippen LogP) is 3.95. The monoisotopic (exact) mass is 322 g/mol. The highest BCUT2D eigenvalue weighted by atomic mass is 35.5. The van der Waals surface area contributed by atoms with E-state index in [9.17, 15) is 4.79 Å². The van der Waals surface area contributed by atoms with Gasteiger partial charge in [-0.05, 0) is 36.6 Å². The van der Waals surface area contributed by atoms with E-state index in [2.05, 4.69) is 10.3 Å². The average Bonchev–Trinajstić information content (AvgIpc) is 2.48. The number of hydrogen-bond donors (Lipinski definition) is 1. The molecular weight excluding hydrogens is 307 g/mol. The van der Waals surface area contributed by atoms with Crippen LogP contribution in [0, 0.1) is 6.92 Å². The van der Waals surface area contributed by atoms with Crippen molar-refractivity contribution >= 4 is 29.1 Å². The van der Waals surface area contributed by atoms with Crippen molar-refractivity contribution in [2.24, 2.45) is 0 Å².